The lowest BCUT2D eigenvalue weighted by Gasteiger charge is -2.27. The van der Waals surface area contributed by atoms with E-state index in [1.165, 1.54) is 26.2 Å². The number of benzene rings is 1. The van der Waals surface area contributed by atoms with Crippen molar-refractivity contribution in [3.8, 4) is 5.75 Å². The van der Waals surface area contributed by atoms with Crippen molar-refractivity contribution < 1.29 is 14.5 Å². The Labute approximate surface area is 114 Å². The fourth-order valence-electron chi connectivity index (χ4n) is 2.38. The van der Waals surface area contributed by atoms with Crippen molar-refractivity contribution in [3.63, 3.8) is 0 Å². The molecule has 1 fully saturated rings. The first-order chi connectivity index (χ1) is 8.66. The molecule has 100 valence electrons. The van der Waals surface area contributed by atoms with Crippen LogP contribution in [0.3, 0.4) is 0 Å². The van der Waals surface area contributed by atoms with Crippen LogP contribution in [0.25, 0.3) is 0 Å². The number of nitrogens with one attached hydrogen (secondary N) is 2. The van der Waals surface area contributed by atoms with Gasteiger partial charge < -0.3 is 14.5 Å². The first-order valence-electron chi connectivity index (χ1n) is 6.69. The minimum absolute atomic E-state index is 0.716. The Morgan fingerprint density at radius 1 is 1.22 bits per heavy atom. The second kappa shape index (κ2) is 6.41. The minimum Gasteiger partial charge on any atom is -0.486 e. The number of piperazine rings is 1. The molecule has 1 saturated heterocycles. The molecular formula is C14H23ClN2O+2. The first kappa shape index (κ1) is 13.7. The van der Waals surface area contributed by atoms with Gasteiger partial charge in [0.25, 0.3) is 0 Å². The molecule has 0 aliphatic carbocycles. The van der Waals surface area contributed by atoms with Crippen LogP contribution in [0.2, 0.25) is 5.02 Å². The maximum atomic E-state index is 6.14. The van der Waals surface area contributed by atoms with E-state index in [1.807, 2.05) is 25.1 Å². The summed E-state index contributed by atoms with van der Waals surface area (Å²) in [4.78, 5) is 3.28. The number of hydrogen-bond donors (Lipinski definition) is 2. The highest BCUT2D eigenvalue weighted by molar-refractivity contribution is 6.32. The molecule has 0 unspecified atom stereocenters. The summed E-state index contributed by atoms with van der Waals surface area (Å²) >= 11 is 6.14. The largest absolute Gasteiger partial charge is 0.486 e. The SMILES string of the molecule is Cc1cccc(Cl)c1OCC[NH+]1CC[NH+](C)CC1. The summed E-state index contributed by atoms with van der Waals surface area (Å²) in [6.07, 6.45) is 0. The number of hydrogen-bond acceptors (Lipinski definition) is 1. The number of rotatable bonds is 4. The Morgan fingerprint density at radius 3 is 2.61 bits per heavy atom. The van der Waals surface area contributed by atoms with Gasteiger partial charge in [-0.25, -0.2) is 0 Å². The molecule has 18 heavy (non-hydrogen) atoms. The third-order valence-corrected chi connectivity index (χ3v) is 3.97. The fraction of sp³-hybridized carbons (Fsp3) is 0.571. The highest BCUT2D eigenvalue weighted by atomic mass is 35.5. The summed E-state index contributed by atoms with van der Waals surface area (Å²) in [5.41, 5.74) is 1.11. The van der Waals surface area contributed by atoms with Crippen molar-refractivity contribution in [1.82, 2.24) is 0 Å². The van der Waals surface area contributed by atoms with E-state index in [1.54, 1.807) is 9.80 Å². The van der Waals surface area contributed by atoms with Crippen LogP contribution >= 0.6 is 11.6 Å². The molecule has 3 nitrogen and oxygen atoms in total. The monoisotopic (exact) mass is 270 g/mol. The predicted octanol–water partition coefficient (Wildman–Crippen LogP) is -0.560. The molecule has 0 aromatic heterocycles. The number of aryl methyl sites for hydroxylation is 1. The van der Waals surface area contributed by atoms with Crippen LogP contribution in [0.15, 0.2) is 18.2 Å². The summed E-state index contributed by atoms with van der Waals surface area (Å²) < 4.78 is 5.84. The summed E-state index contributed by atoms with van der Waals surface area (Å²) in [7, 11) is 2.26. The number of para-hydroxylation sites is 1. The van der Waals surface area contributed by atoms with Crippen LogP contribution < -0.4 is 14.5 Å². The average molecular weight is 271 g/mol. The highest BCUT2D eigenvalue weighted by Crippen LogP contribution is 2.27. The lowest BCUT2D eigenvalue weighted by atomic mass is 10.2. The highest BCUT2D eigenvalue weighted by Gasteiger charge is 2.19. The van der Waals surface area contributed by atoms with Crippen molar-refractivity contribution in [2.24, 2.45) is 0 Å². The van der Waals surface area contributed by atoms with Gasteiger partial charge >= 0.3 is 0 Å². The molecule has 1 aromatic carbocycles. The Hall–Kier alpha value is -0.770. The van der Waals surface area contributed by atoms with Crippen molar-refractivity contribution in [3.05, 3.63) is 28.8 Å². The van der Waals surface area contributed by atoms with Gasteiger partial charge in [-0.2, -0.15) is 0 Å². The summed E-state index contributed by atoms with van der Waals surface area (Å²) in [5.74, 6) is 0.846. The number of halogens is 1. The average Bonchev–Trinajstić information content (AvgIpc) is 2.35. The molecule has 0 amide bonds. The van der Waals surface area contributed by atoms with E-state index in [-0.39, 0.29) is 0 Å². The molecule has 0 bridgehead atoms. The Kier molecular flexibility index (Phi) is 4.87. The maximum Gasteiger partial charge on any atom is 0.141 e. The Morgan fingerprint density at radius 2 is 1.94 bits per heavy atom. The van der Waals surface area contributed by atoms with Crippen molar-refractivity contribution in [2.75, 3.05) is 46.4 Å². The normalized spacial score (nSPS) is 23.9. The van der Waals surface area contributed by atoms with Gasteiger partial charge in [-0.1, -0.05) is 23.7 Å². The van der Waals surface area contributed by atoms with Crippen LogP contribution in [-0.4, -0.2) is 46.4 Å². The smallest absolute Gasteiger partial charge is 0.141 e. The number of quaternary nitrogens is 2. The molecule has 2 rings (SSSR count). The standard InChI is InChI=1S/C14H21ClN2O/c1-12-4-3-5-13(15)14(12)18-11-10-17-8-6-16(2)7-9-17/h3-5H,6-11H2,1-2H3/p+2. The first-order valence-corrected chi connectivity index (χ1v) is 7.07. The molecule has 0 spiro atoms. The predicted molar refractivity (Wildman–Crippen MR) is 73.9 cm³/mol. The van der Waals surface area contributed by atoms with Crippen LogP contribution in [-0.2, 0) is 0 Å². The lowest BCUT2D eigenvalue weighted by molar-refractivity contribution is -1.00. The van der Waals surface area contributed by atoms with Gasteiger partial charge in [-0.05, 0) is 18.6 Å². The zero-order valence-electron chi connectivity index (χ0n) is 11.3. The molecular weight excluding hydrogens is 248 g/mol. The van der Waals surface area contributed by atoms with Gasteiger partial charge in [0.1, 0.15) is 45.1 Å². The lowest BCUT2D eigenvalue weighted by Crippen LogP contribution is -3.27. The van der Waals surface area contributed by atoms with E-state index in [9.17, 15) is 0 Å². The van der Waals surface area contributed by atoms with Crippen LogP contribution in [0.5, 0.6) is 5.75 Å². The molecule has 1 aromatic rings. The van der Waals surface area contributed by atoms with Crippen LogP contribution in [0, 0.1) is 6.92 Å². The van der Waals surface area contributed by atoms with Gasteiger partial charge in [0.05, 0.1) is 12.1 Å². The Bertz CT molecular complexity index is 369. The molecule has 0 atom stereocenters. The van der Waals surface area contributed by atoms with Gasteiger partial charge in [0.15, 0.2) is 0 Å². The topological polar surface area (TPSA) is 18.1 Å². The maximum absolute atomic E-state index is 6.14. The van der Waals surface area contributed by atoms with Gasteiger partial charge in [-0.15, -0.1) is 0 Å². The van der Waals surface area contributed by atoms with Crippen molar-refractivity contribution >= 4 is 11.6 Å². The van der Waals surface area contributed by atoms with E-state index < -0.39 is 0 Å². The molecule has 0 saturated carbocycles. The van der Waals surface area contributed by atoms with Crippen molar-refractivity contribution in [1.29, 1.82) is 0 Å². The fourth-order valence-corrected chi connectivity index (χ4v) is 2.65. The zero-order valence-corrected chi connectivity index (χ0v) is 12.0. The van der Waals surface area contributed by atoms with Crippen LogP contribution in [0.4, 0.5) is 0 Å². The number of ether oxygens (including phenoxy) is 1. The van der Waals surface area contributed by atoms with E-state index in [0.717, 1.165) is 24.5 Å². The third-order valence-electron chi connectivity index (χ3n) is 3.68. The molecule has 1 aliphatic rings. The van der Waals surface area contributed by atoms with E-state index in [2.05, 4.69) is 7.05 Å². The van der Waals surface area contributed by atoms with Gasteiger partial charge in [0.2, 0.25) is 0 Å². The second-order valence-corrected chi connectivity index (χ2v) is 5.60. The molecule has 1 aliphatic heterocycles. The quantitative estimate of drug-likeness (QED) is 0.751. The van der Waals surface area contributed by atoms with Gasteiger partial charge in [-0.3, -0.25) is 0 Å². The van der Waals surface area contributed by atoms with E-state index in [4.69, 9.17) is 16.3 Å². The molecule has 1 heterocycles. The number of likely N-dealkylation sites (N-methyl/N-ethyl adjacent to an activating group) is 1. The van der Waals surface area contributed by atoms with Crippen LogP contribution in [0.1, 0.15) is 5.56 Å². The summed E-state index contributed by atoms with van der Waals surface area (Å²) in [5, 5.41) is 0.716. The Balaban J connectivity index is 1.78. The molecule has 2 N–H and O–H groups in total. The summed E-state index contributed by atoms with van der Waals surface area (Å²) in [6, 6.07) is 5.88. The molecule has 0 radical (unpaired) electrons. The van der Waals surface area contributed by atoms with Gasteiger partial charge in [0, 0.05) is 0 Å². The van der Waals surface area contributed by atoms with Crippen molar-refractivity contribution in [2.45, 2.75) is 6.92 Å². The zero-order chi connectivity index (χ0) is 13.0. The van der Waals surface area contributed by atoms with E-state index in [0.29, 0.717) is 5.02 Å². The minimum atomic E-state index is 0.716. The molecule has 4 heteroatoms. The third kappa shape index (κ3) is 3.61. The summed E-state index contributed by atoms with van der Waals surface area (Å²) in [6.45, 7) is 8.87. The van der Waals surface area contributed by atoms with E-state index >= 15 is 0 Å². The second-order valence-electron chi connectivity index (χ2n) is 5.19.